The Morgan fingerprint density at radius 2 is 1.55 bits per heavy atom. The van der Waals surface area contributed by atoms with E-state index in [1.54, 1.807) is 11.0 Å². The average Bonchev–Trinajstić information content (AvgIpc) is 2.68. The molecule has 0 bridgehead atoms. The van der Waals surface area contributed by atoms with Gasteiger partial charge in [0, 0.05) is 14.1 Å². The molecule has 0 aliphatic heterocycles. The van der Waals surface area contributed by atoms with Crippen LogP contribution in [0.2, 0.25) is 0 Å². The lowest BCUT2D eigenvalue weighted by molar-refractivity contribution is -0.115. The summed E-state index contributed by atoms with van der Waals surface area (Å²) in [5.41, 5.74) is 4.12. The summed E-state index contributed by atoms with van der Waals surface area (Å²) in [4.78, 5) is 14.3. The molecule has 0 spiro atoms. The van der Waals surface area contributed by atoms with Crippen LogP contribution in [-0.2, 0) is 21.2 Å². The zero-order valence-corrected chi connectivity index (χ0v) is 17.1. The Balaban J connectivity index is 1.77. The number of anilines is 2. The van der Waals surface area contributed by atoms with Crippen molar-refractivity contribution in [3.63, 3.8) is 0 Å². The highest BCUT2D eigenvalue weighted by atomic mass is 32.2. The van der Waals surface area contributed by atoms with E-state index in [0.717, 1.165) is 16.7 Å². The molecular formula is C22H23N3O3S. The van der Waals surface area contributed by atoms with E-state index in [9.17, 15) is 13.2 Å². The molecule has 1 amide bonds. The summed E-state index contributed by atoms with van der Waals surface area (Å²) in [6.45, 7) is 0. The van der Waals surface area contributed by atoms with Crippen molar-refractivity contribution in [3.8, 4) is 11.1 Å². The van der Waals surface area contributed by atoms with Crippen LogP contribution in [0.3, 0.4) is 0 Å². The van der Waals surface area contributed by atoms with E-state index in [1.807, 2.05) is 68.7 Å². The van der Waals surface area contributed by atoms with E-state index in [0.29, 0.717) is 11.4 Å². The summed E-state index contributed by atoms with van der Waals surface area (Å²) < 4.78 is 23.3. The van der Waals surface area contributed by atoms with Gasteiger partial charge >= 0.3 is 0 Å². The lowest BCUT2D eigenvalue weighted by Gasteiger charge is -2.19. The zero-order chi connectivity index (χ0) is 21.0. The van der Waals surface area contributed by atoms with Gasteiger partial charge in [0.15, 0.2) is 0 Å². The highest BCUT2D eigenvalue weighted by Crippen LogP contribution is 2.27. The fourth-order valence-electron chi connectivity index (χ4n) is 3.01. The van der Waals surface area contributed by atoms with Crippen LogP contribution in [-0.4, -0.2) is 28.4 Å². The number of rotatable bonds is 6. The van der Waals surface area contributed by atoms with E-state index < -0.39 is 10.0 Å². The average molecular weight is 410 g/mol. The smallest absolute Gasteiger partial charge is 0.238 e. The van der Waals surface area contributed by atoms with Crippen molar-refractivity contribution < 1.29 is 13.2 Å². The molecule has 0 aliphatic carbocycles. The second kappa shape index (κ2) is 8.46. The maximum atomic E-state index is 12.6. The molecule has 150 valence electrons. The van der Waals surface area contributed by atoms with Gasteiger partial charge in [0.05, 0.1) is 22.7 Å². The molecule has 7 heteroatoms. The van der Waals surface area contributed by atoms with Crippen molar-refractivity contribution in [2.75, 3.05) is 24.3 Å². The van der Waals surface area contributed by atoms with Crippen LogP contribution < -0.4 is 15.4 Å². The van der Waals surface area contributed by atoms with Gasteiger partial charge in [0.25, 0.3) is 0 Å². The quantitative estimate of drug-likeness (QED) is 0.654. The summed E-state index contributed by atoms with van der Waals surface area (Å²) in [5.74, 6) is -0.243. The zero-order valence-electron chi connectivity index (χ0n) is 16.3. The number of nitrogens with two attached hydrogens (primary N) is 1. The summed E-state index contributed by atoms with van der Waals surface area (Å²) >= 11 is 0. The van der Waals surface area contributed by atoms with Crippen molar-refractivity contribution in [2.45, 2.75) is 11.3 Å². The molecule has 0 unspecified atom stereocenters. The molecule has 3 aromatic rings. The van der Waals surface area contributed by atoms with Crippen LogP contribution in [0, 0.1) is 0 Å². The maximum Gasteiger partial charge on any atom is 0.238 e. The third-order valence-corrected chi connectivity index (χ3v) is 5.39. The number of carbonyl (C=O) groups is 1. The predicted octanol–water partition coefficient (Wildman–Crippen LogP) is 3.25. The van der Waals surface area contributed by atoms with Gasteiger partial charge in [-0.05, 0) is 34.9 Å². The molecule has 3 aromatic carbocycles. The van der Waals surface area contributed by atoms with Gasteiger partial charge in [-0.2, -0.15) is 0 Å². The molecule has 3 rings (SSSR count). The van der Waals surface area contributed by atoms with E-state index in [2.05, 4.69) is 5.32 Å². The minimum absolute atomic E-state index is 0.0504. The topological polar surface area (TPSA) is 92.5 Å². The van der Waals surface area contributed by atoms with Crippen LogP contribution in [0.4, 0.5) is 11.4 Å². The Labute approximate surface area is 171 Å². The predicted molar refractivity (Wildman–Crippen MR) is 116 cm³/mol. The van der Waals surface area contributed by atoms with Gasteiger partial charge < -0.3 is 10.2 Å². The second-order valence-electron chi connectivity index (χ2n) is 6.91. The Morgan fingerprint density at radius 1 is 0.931 bits per heavy atom. The van der Waals surface area contributed by atoms with Crippen LogP contribution >= 0.6 is 0 Å². The van der Waals surface area contributed by atoms with Gasteiger partial charge in [-0.25, -0.2) is 13.6 Å². The molecule has 0 aliphatic rings. The summed E-state index contributed by atoms with van der Waals surface area (Å²) in [6, 6.07) is 22.2. The van der Waals surface area contributed by atoms with Crippen molar-refractivity contribution in [1.82, 2.24) is 0 Å². The van der Waals surface area contributed by atoms with Crippen LogP contribution in [0.15, 0.2) is 77.7 Å². The van der Waals surface area contributed by atoms with Crippen molar-refractivity contribution in [2.24, 2.45) is 5.14 Å². The van der Waals surface area contributed by atoms with E-state index >= 15 is 0 Å². The Bertz CT molecular complexity index is 1110. The summed E-state index contributed by atoms with van der Waals surface area (Å²) in [7, 11) is -0.245. The molecule has 0 saturated carbocycles. The molecule has 0 atom stereocenters. The molecule has 0 heterocycles. The highest BCUT2D eigenvalue weighted by Gasteiger charge is 2.15. The van der Waals surface area contributed by atoms with Gasteiger partial charge in [-0.15, -0.1) is 0 Å². The van der Waals surface area contributed by atoms with Gasteiger partial charge in [-0.1, -0.05) is 54.6 Å². The van der Waals surface area contributed by atoms with Gasteiger partial charge in [0.2, 0.25) is 15.9 Å². The second-order valence-corrected chi connectivity index (χ2v) is 8.47. The van der Waals surface area contributed by atoms with Crippen molar-refractivity contribution >= 4 is 27.3 Å². The molecule has 3 N–H and O–H groups in total. The SMILES string of the molecule is CN(C)c1ccc(S(N)(=O)=O)cc1NC(=O)Cc1ccc(-c2ccccc2)cc1. The molecule has 0 fully saturated rings. The first-order chi connectivity index (χ1) is 13.7. The lowest BCUT2D eigenvalue weighted by Crippen LogP contribution is -2.19. The Morgan fingerprint density at radius 3 is 2.14 bits per heavy atom. The molecule has 29 heavy (non-hydrogen) atoms. The highest BCUT2D eigenvalue weighted by molar-refractivity contribution is 7.89. The number of nitrogens with zero attached hydrogens (tertiary/aromatic N) is 1. The number of amides is 1. The van der Waals surface area contributed by atoms with Crippen LogP contribution in [0.1, 0.15) is 5.56 Å². The fraction of sp³-hybridized carbons (Fsp3) is 0.136. The number of nitrogens with one attached hydrogen (secondary N) is 1. The fourth-order valence-corrected chi connectivity index (χ4v) is 3.55. The van der Waals surface area contributed by atoms with Crippen LogP contribution in [0.25, 0.3) is 11.1 Å². The first-order valence-electron chi connectivity index (χ1n) is 9.02. The summed E-state index contributed by atoms with van der Waals surface area (Å²) in [6.07, 6.45) is 0.168. The number of sulfonamides is 1. The Hall–Kier alpha value is -3.16. The number of hydrogen-bond donors (Lipinski definition) is 2. The molecule has 6 nitrogen and oxygen atoms in total. The number of hydrogen-bond acceptors (Lipinski definition) is 4. The largest absolute Gasteiger partial charge is 0.376 e. The molecule has 0 saturated heterocycles. The third-order valence-electron chi connectivity index (χ3n) is 4.48. The first kappa shape index (κ1) is 20.6. The minimum atomic E-state index is -3.86. The summed E-state index contributed by atoms with van der Waals surface area (Å²) in [5, 5.41) is 8.01. The maximum absolute atomic E-state index is 12.6. The molecule has 0 aromatic heterocycles. The minimum Gasteiger partial charge on any atom is -0.376 e. The number of benzene rings is 3. The van der Waals surface area contributed by atoms with E-state index in [4.69, 9.17) is 5.14 Å². The number of primary sulfonamides is 1. The Kier molecular flexibility index (Phi) is 6.00. The number of carbonyl (C=O) groups excluding carboxylic acids is 1. The van der Waals surface area contributed by atoms with E-state index in [-0.39, 0.29) is 17.2 Å². The lowest BCUT2D eigenvalue weighted by atomic mass is 10.0. The first-order valence-corrected chi connectivity index (χ1v) is 10.6. The molecule has 0 radical (unpaired) electrons. The molecular weight excluding hydrogens is 386 g/mol. The normalized spacial score (nSPS) is 11.1. The monoisotopic (exact) mass is 409 g/mol. The van der Waals surface area contributed by atoms with Crippen molar-refractivity contribution in [1.29, 1.82) is 0 Å². The van der Waals surface area contributed by atoms with E-state index in [1.165, 1.54) is 12.1 Å². The van der Waals surface area contributed by atoms with Gasteiger partial charge in [0.1, 0.15) is 0 Å². The standard InChI is InChI=1S/C22H23N3O3S/c1-25(2)21-13-12-19(29(23,27)28)15-20(21)24-22(26)14-16-8-10-18(11-9-16)17-6-4-3-5-7-17/h3-13,15H,14H2,1-2H3,(H,24,26)(H2,23,27,28). The van der Waals surface area contributed by atoms with Crippen LogP contribution in [0.5, 0.6) is 0 Å². The third kappa shape index (κ3) is 5.22. The van der Waals surface area contributed by atoms with Gasteiger partial charge in [-0.3, -0.25) is 4.79 Å². The van der Waals surface area contributed by atoms with Crippen molar-refractivity contribution in [3.05, 3.63) is 78.4 Å².